The number of hydrogen-bond donors (Lipinski definition) is 2. The van der Waals surface area contributed by atoms with E-state index in [4.69, 9.17) is 0 Å². The second-order valence-electron chi connectivity index (χ2n) is 4.82. The number of halogens is 1. The molecule has 0 spiro atoms. The normalized spacial score (nSPS) is 10.6. The second kappa shape index (κ2) is 7.38. The SMILES string of the molecule is CNCCCC(=O)Nc1cc(C)nn1-c1cccc(Br)c1. The van der Waals surface area contributed by atoms with Crippen LogP contribution in [0.3, 0.4) is 0 Å². The van der Waals surface area contributed by atoms with Crippen molar-refractivity contribution >= 4 is 27.7 Å². The van der Waals surface area contributed by atoms with Gasteiger partial charge in [-0.25, -0.2) is 4.68 Å². The first-order chi connectivity index (χ1) is 10.1. The predicted molar refractivity (Wildman–Crippen MR) is 87.8 cm³/mol. The quantitative estimate of drug-likeness (QED) is 0.787. The second-order valence-corrected chi connectivity index (χ2v) is 5.73. The molecule has 0 unspecified atom stereocenters. The van der Waals surface area contributed by atoms with Gasteiger partial charge in [-0.05, 0) is 45.1 Å². The van der Waals surface area contributed by atoms with E-state index < -0.39 is 0 Å². The molecule has 0 atom stereocenters. The molecule has 0 saturated carbocycles. The summed E-state index contributed by atoms with van der Waals surface area (Å²) in [6.45, 7) is 2.74. The highest BCUT2D eigenvalue weighted by atomic mass is 79.9. The molecule has 21 heavy (non-hydrogen) atoms. The summed E-state index contributed by atoms with van der Waals surface area (Å²) < 4.78 is 2.72. The summed E-state index contributed by atoms with van der Waals surface area (Å²) in [6.07, 6.45) is 1.30. The molecule has 5 nitrogen and oxygen atoms in total. The molecule has 0 radical (unpaired) electrons. The van der Waals surface area contributed by atoms with Crippen molar-refractivity contribution in [2.75, 3.05) is 18.9 Å². The van der Waals surface area contributed by atoms with Crippen molar-refractivity contribution in [1.82, 2.24) is 15.1 Å². The molecule has 112 valence electrons. The van der Waals surface area contributed by atoms with Crippen LogP contribution >= 0.6 is 15.9 Å². The average Bonchev–Trinajstić information content (AvgIpc) is 2.80. The fraction of sp³-hybridized carbons (Fsp3) is 0.333. The number of anilines is 1. The summed E-state index contributed by atoms with van der Waals surface area (Å²) in [6, 6.07) is 9.68. The van der Waals surface area contributed by atoms with Crippen molar-refractivity contribution in [3.8, 4) is 5.69 Å². The zero-order valence-electron chi connectivity index (χ0n) is 12.2. The molecule has 0 fully saturated rings. The topological polar surface area (TPSA) is 59.0 Å². The van der Waals surface area contributed by atoms with Gasteiger partial charge < -0.3 is 10.6 Å². The van der Waals surface area contributed by atoms with Crippen molar-refractivity contribution in [2.24, 2.45) is 0 Å². The van der Waals surface area contributed by atoms with Crippen LogP contribution < -0.4 is 10.6 Å². The summed E-state index contributed by atoms with van der Waals surface area (Å²) >= 11 is 3.45. The standard InChI is InChI=1S/C15H19BrN4O/c1-11-9-14(18-15(21)7-4-8-17-2)20(19-11)13-6-3-5-12(16)10-13/h3,5-6,9-10,17H,4,7-8H2,1-2H3,(H,18,21). The van der Waals surface area contributed by atoms with E-state index in [1.807, 2.05) is 44.3 Å². The first-order valence-corrected chi connectivity index (χ1v) is 7.66. The van der Waals surface area contributed by atoms with Crippen molar-refractivity contribution in [3.05, 3.63) is 40.5 Å². The molecule has 2 N–H and O–H groups in total. The van der Waals surface area contributed by atoms with Crippen molar-refractivity contribution in [1.29, 1.82) is 0 Å². The summed E-state index contributed by atoms with van der Waals surface area (Å²) in [7, 11) is 1.88. The van der Waals surface area contributed by atoms with E-state index in [-0.39, 0.29) is 5.91 Å². The molecule has 1 aromatic heterocycles. The maximum atomic E-state index is 12.0. The van der Waals surface area contributed by atoms with Gasteiger partial charge in [-0.2, -0.15) is 5.10 Å². The number of aromatic nitrogens is 2. The Labute approximate surface area is 132 Å². The van der Waals surface area contributed by atoms with Crippen LogP contribution in [0.4, 0.5) is 5.82 Å². The zero-order valence-corrected chi connectivity index (χ0v) is 13.8. The number of benzene rings is 1. The Morgan fingerprint density at radius 1 is 1.38 bits per heavy atom. The number of carbonyl (C=O) groups is 1. The maximum Gasteiger partial charge on any atom is 0.225 e. The zero-order chi connectivity index (χ0) is 15.2. The van der Waals surface area contributed by atoms with Gasteiger partial charge in [0.05, 0.1) is 11.4 Å². The van der Waals surface area contributed by atoms with E-state index in [9.17, 15) is 4.79 Å². The van der Waals surface area contributed by atoms with Gasteiger partial charge >= 0.3 is 0 Å². The van der Waals surface area contributed by atoms with Crippen molar-refractivity contribution in [2.45, 2.75) is 19.8 Å². The molecule has 2 rings (SSSR count). The van der Waals surface area contributed by atoms with E-state index in [1.54, 1.807) is 4.68 Å². The van der Waals surface area contributed by atoms with Crippen LogP contribution in [0.1, 0.15) is 18.5 Å². The summed E-state index contributed by atoms with van der Waals surface area (Å²) in [5.74, 6) is 0.696. The smallest absolute Gasteiger partial charge is 0.225 e. The molecular weight excluding hydrogens is 332 g/mol. The Bertz CT molecular complexity index is 624. The molecule has 0 saturated heterocycles. The first-order valence-electron chi connectivity index (χ1n) is 6.87. The monoisotopic (exact) mass is 350 g/mol. The summed E-state index contributed by atoms with van der Waals surface area (Å²) in [5.41, 5.74) is 1.77. The molecule has 1 amide bonds. The van der Waals surface area contributed by atoms with Gasteiger partial charge in [0.1, 0.15) is 5.82 Å². The summed E-state index contributed by atoms with van der Waals surface area (Å²) in [5, 5.41) is 10.4. The third-order valence-electron chi connectivity index (χ3n) is 2.98. The lowest BCUT2D eigenvalue weighted by molar-refractivity contribution is -0.116. The van der Waals surface area contributed by atoms with E-state index >= 15 is 0 Å². The predicted octanol–water partition coefficient (Wildman–Crippen LogP) is 2.88. The number of nitrogens with one attached hydrogen (secondary N) is 2. The number of carbonyl (C=O) groups excluding carboxylic acids is 1. The molecule has 1 aromatic carbocycles. The molecule has 1 heterocycles. The Kier molecular flexibility index (Phi) is 5.52. The third-order valence-corrected chi connectivity index (χ3v) is 3.48. The lowest BCUT2D eigenvalue weighted by Gasteiger charge is -2.09. The van der Waals surface area contributed by atoms with Gasteiger partial charge in [0.2, 0.25) is 5.91 Å². The third kappa shape index (κ3) is 4.41. The number of amides is 1. The minimum absolute atomic E-state index is 0.00129. The van der Waals surface area contributed by atoms with Gasteiger partial charge in [0.15, 0.2) is 0 Å². The number of rotatable bonds is 6. The van der Waals surface area contributed by atoms with Crippen LogP contribution in [0.5, 0.6) is 0 Å². The molecular formula is C15H19BrN4O. The molecule has 0 aliphatic heterocycles. The average molecular weight is 351 g/mol. The van der Waals surface area contributed by atoms with Crippen molar-refractivity contribution in [3.63, 3.8) is 0 Å². The highest BCUT2D eigenvalue weighted by Gasteiger charge is 2.11. The molecule has 2 aromatic rings. The summed E-state index contributed by atoms with van der Waals surface area (Å²) in [4.78, 5) is 12.0. The molecule has 0 aliphatic rings. The van der Waals surface area contributed by atoms with Crippen LogP contribution in [-0.2, 0) is 4.79 Å². The van der Waals surface area contributed by atoms with Gasteiger partial charge in [-0.3, -0.25) is 4.79 Å². The fourth-order valence-electron chi connectivity index (χ4n) is 2.02. The molecule has 0 aliphatic carbocycles. The minimum Gasteiger partial charge on any atom is -0.320 e. The van der Waals surface area contributed by atoms with Crippen molar-refractivity contribution < 1.29 is 4.79 Å². The van der Waals surface area contributed by atoms with E-state index in [0.717, 1.165) is 28.8 Å². The van der Waals surface area contributed by atoms with Crippen LogP contribution in [0.15, 0.2) is 34.8 Å². The highest BCUT2D eigenvalue weighted by molar-refractivity contribution is 9.10. The number of aryl methyl sites for hydroxylation is 1. The van der Waals surface area contributed by atoms with Crippen LogP contribution in [-0.4, -0.2) is 29.3 Å². The van der Waals surface area contributed by atoms with E-state index in [1.165, 1.54) is 0 Å². The fourth-order valence-corrected chi connectivity index (χ4v) is 2.41. The number of hydrogen-bond acceptors (Lipinski definition) is 3. The molecule has 6 heteroatoms. The van der Waals surface area contributed by atoms with Crippen LogP contribution in [0.25, 0.3) is 5.69 Å². The Morgan fingerprint density at radius 2 is 2.19 bits per heavy atom. The van der Waals surface area contributed by atoms with Gasteiger partial charge in [0, 0.05) is 17.0 Å². The Morgan fingerprint density at radius 3 is 2.90 bits per heavy atom. The first kappa shape index (κ1) is 15.7. The minimum atomic E-state index is 0.00129. The number of nitrogens with zero attached hydrogens (tertiary/aromatic N) is 2. The lowest BCUT2D eigenvalue weighted by Crippen LogP contribution is -2.17. The van der Waals surface area contributed by atoms with Crippen LogP contribution in [0, 0.1) is 6.92 Å². The molecule has 0 bridgehead atoms. The van der Waals surface area contributed by atoms with E-state index in [0.29, 0.717) is 12.2 Å². The van der Waals surface area contributed by atoms with Gasteiger partial charge in [-0.1, -0.05) is 22.0 Å². The lowest BCUT2D eigenvalue weighted by atomic mass is 10.3. The van der Waals surface area contributed by atoms with Gasteiger partial charge in [0.25, 0.3) is 0 Å². The van der Waals surface area contributed by atoms with Crippen LogP contribution in [0.2, 0.25) is 0 Å². The maximum absolute atomic E-state index is 12.0. The Hall–Kier alpha value is -1.66. The Balaban J connectivity index is 2.15. The largest absolute Gasteiger partial charge is 0.320 e. The van der Waals surface area contributed by atoms with Gasteiger partial charge in [-0.15, -0.1) is 0 Å². The highest BCUT2D eigenvalue weighted by Crippen LogP contribution is 2.20. The van der Waals surface area contributed by atoms with E-state index in [2.05, 4.69) is 31.7 Å².